The van der Waals surface area contributed by atoms with Crippen molar-refractivity contribution in [2.75, 3.05) is 26.8 Å². The van der Waals surface area contributed by atoms with Crippen LogP contribution in [0.15, 0.2) is 59.6 Å². The molecule has 0 spiro atoms. The zero-order valence-electron chi connectivity index (χ0n) is 15.6. The van der Waals surface area contributed by atoms with Crippen molar-refractivity contribution < 1.29 is 22.6 Å². The smallest absolute Gasteiger partial charge is 0.411 e. The first-order valence-corrected chi connectivity index (χ1v) is 8.81. The molecule has 28 heavy (non-hydrogen) atoms. The van der Waals surface area contributed by atoms with Gasteiger partial charge in [-0.15, -0.1) is 0 Å². The van der Waals surface area contributed by atoms with Crippen LogP contribution in [-0.4, -0.2) is 38.9 Å². The summed E-state index contributed by atoms with van der Waals surface area (Å²) in [4.78, 5) is 4.14. The lowest BCUT2D eigenvalue weighted by atomic mass is 10.1. The van der Waals surface area contributed by atoms with Crippen LogP contribution in [0.1, 0.15) is 11.1 Å². The number of aliphatic imine (C=N–C) groups is 1. The number of rotatable bonds is 9. The molecule has 0 bridgehead atoms. The predicted molar refractivity (Wildman–Crippen MR) is 102 cm³/mol. The number of benzene rings is 2. The van der Waals surface area contributed by atoms with Gasteiger partial charge in [-0.3, -0.25) is 4.99 Å². The number of hydrogen-bond acceptors (Lipinski definition) is 3. The number of nitrogens with one attached hydrogen (secondary N) is 2. The van der Waals surface area contributed by atoms with Gasteiger partial charge >= 0.3 is 6.18 Å². The maximum atomic E-state index is 12.1. The van der Waals surface area contributed by atoms with Crippen LogP contribution in [0.2, 0.25) is 0 Å². The third kappa shape index (κ3) is 8.77. The summed E-state index contributed by atoms with van der Waals surface area (Å²) in [6, 6.07) is 16.7. The van der Waals surface area contributed by atoms with Crippen molar-refractivity contribution in [3.8, 4) is 5.75 Å². The van der Waals surface area contributed by atoms with Gasteiger partial charge in [-0.2, -0.15) is 13.2 Å². The van der Waals surface area contributed by atoms with Crippen LogP contribution in [0.3, 0.4) is 0 Å². The van der Waals surface area contributed by atoms with E-state index in [4.69, 9.17) is 9.47 Å². The zero-order valence-corrected chi connectivity index (χ0v) is 15.6. The molecular weight excluding hydrogens is 371 g/mol. The molecule has 152 valence electrons. The lowest BCUT2D eigenvalue weighted by molar-refractivity contribution is -0.176. The fourth-order valence-corrected chi connectivity index (χ4v) is 2.38. The molecule has 2 aromatic rings. The molecule has 0 saturated carbocycles. The van der Waals surface area contributed by atoms with E-state index in [0.29, 0.717) is 31.2 Å². The van der Waals surface area contributed by atoms with E-state index >= 15 is 0 Å². The van der Waals surface area contributed by atoms with E-state index in [-0.39, 0.29) is 6.61 Å². The van der Waals surface area contributed by atoms with E-state index in [1.165, 1.54) is 0 Å². The molecule has 0 radical (unpaired) electrons. The van der Waals surface area contributed by atoms with Crippen LogP contribution in [0.25, 0.3) is 0 Å². The van der Waals surface area contributed by atoms with Gasteiger partial charge in [0.2, 0.25) is 0 Å². The molecular formula is C20H24F3N3O2. The lowest BCUT2D eigenvalue weighted by Gasteiger charge is -2.13. The number of halogens is 3. The lowest BCUT2D eigenvalue weighted by Crippen LogP contribution is -2.38. The molecule has 0 aliphatic carbocycles. The third-order valence-electron chi connectivity index (χ3n) is 3.62. The second-order valence-corrected chi connectivity index (χ2v) is 5.94. The zero-order chi connectivity index (χ0) is 20.2. The summed E-state index contributed by atoms with van der Waals surface area (Å²) in [6.07, 6.45) is -4.32. The minimum Gasteiger partial charge on any atom is -0.492 e. The molecule has 2 rings (SSSR count). The van der Waals surface area contributed by atoms with E-state index in [9.17, 15) is 13.2 Å². The summed E-state index contributed by atoms with van der Waals surface area (Å²) in [5.41, 5.74) is 1.60. The van der Waals surface area contributed by atoms with Gasteiger partial charge in [0, 0.05) is 13.6 Å². The number of nitrogens with zero attached hydrogens (tertiary/aromatic N) is 1. The van der Waals surface area contributed by atoms with E-state index < -0.39 is 12.8 Å². The van der Waals surface area contributed by atoms with Crippen molar-refractivity contribution in [3.05, 3.63) is 65.7 Å². The molecule has 2 aromatic carbocycles. The second-order valence-electron chi connectivity index (χ2n) is 5.94. The molecule has 2 N–H and O–H groups in total. The van der Waals surface area contributed by atoms with E-state index in [0.717, 1.165) is 11.3 Å². The molecule has 0 fully saturated rings. The number of para-hydroxylation sites is 1. The Morgan fingerprint density at radius 2 is 1.75 bits per heavy atom. The fourth-order valence-electron chi connectivity index (χ4n) is 2.38. The minimum absolute atomic E-state index is 0.0862. The standard InChI is InChI=1S/C20H24F3N3O2/c1-24-19(25-10-11-28-18-8-3-2-4-9-18)26-13-16-6-5-7-17(12-16)14-27-15-20(21,22)23/h2-9,12H,10-11,13-15H2,1H3,(H2,24,25,26). The first-order valence-electron chi connectivity index (χ1n) is 8.81. The Bertz CT molecular complexity index is 737. The van der Waals surface area contributed by atoms with Crippen LogP contribution < -0.4 is 15.4 Å². The number of guanidine groups is 1. The molecule has 0 amide bonds. The topological polar surface area (TPSA) is 54.9 Å². The van der Waals surface area contributed by atoms with Gasteiger partial charge in [-0.1, -0.05) is 42.5 Å². The highest BCUT2D eigenvalue weighted by molar-refractivity contribution is 5.79. The van der Waals surface area contributed by atoms with Crippen molar-refractivity contribution >= 4 is 5.96 Å². The maximum absolute atomic E-state index is 12.1. The fraction of sp³-hybridized carbons (Fsp3) is 0.350. The van der Waals surface area contributed by atoms with Crippen LogP contribution in [0.4, 0.5) is 13.2 Å². The Kier molecular flexibility index (Phi) is 8.61. The second kappa shape index (κ2) is 11.2. The van der Waals surface area contributed by atoms with Gasteiger partial charge in [0.1, 0.15) is 19.0 Å². The minimum atomic E-state index is -4.32. The van der Waals surface area contributed by atoms with Crippen LogP contribution in [-0.2, 0) is 17.9 Å². The van der Waals surface area contributed by atoms with Gasteiger partial charge in [-0.05, 0) is 23.3 Å². The van der Waals surface area contributed by atoms with Crippen LogP contribution in [0.5, 0.6) is 5.75 Å². The molecule has 0 aliphatic rings. The molecule has 0 atom stereocenters. The van der Waals surface area contributed by atoms with Crippen molar-refractivity contribution in [2.45, 2.75) is 19.3 Å². The summed E-state index contributed by atoms with van der Waals surface area (Å²) in [6.45, 7) is 0.192. The van der Waals surface area contributed by atoms with E-state index in [2.05, 4.69) is 15.6 Å². The molecule has 8 heteroatoms. The average Bonchev–Trinajstić information content (AvgIpc) is 2.67. The maximum Gasteiger partial charge on any atom is 0.411 e. The Labute approximate surface area is 162 Å². The van der Waals surface area contributed by atoms with E-state index in [1.807, 2.05) is 36.4 Å². The van der Waals surface area contributed by atoms with Crippen molar-refractivity contribution in [2.24, 2.45) is 4.99 Å². The van der Waals surface area contributed by atoms with Gasteiger partial charge in [0.15, 0.2) is 5.96 Å². The van der Waals surface area contributed by atoms with E-state index in [1.54, 1.807) is 25.2 Å². The Hall–Kier alpha value is -2.74. The van der Waals surface area contributed by atoms with Crippen molar-refractivity contribution in [1.29, 1.82) is 0 Å². The Morgan fingerprint density at radius 3 is 2.46 bits per heavy atom. The quantitative estimate of drug-likeness (QED) is 0.388. The highest BCUT2D eigenvalue weighted by Crippen LogP contribution is 2.16. The number of ether oxygens (including phenoxy) is 2. The first-order chi connectivity index (χ1) is 13.5. The highest BCUT2D eigenvalue weighted by Gasteiger charge is 2.27. The normalized spacial score (nSPS) is 11.9. The SMILES string of the molecule is CN=C(NCCOc1ccccc1)NCc1cccc(COCC(F)(F)F)c1. The first kappa shape index (κ1) is 21.6. The molecule has 0 unspecified atom stereocenters. The summed E-state index contributed by atoms with van der Waals surface area (Å²) in [5.74, 6) is 1.41. The third-order valence-corrected chi connectivity index (χ3v) is 3.62. The Balaban J connectivity index is 1.71. The van der Waals surface area contributed by atoms with Gasteiger partial charge in [0.05, 0.1) is 13.2 Å². The summed E-state index contributed by atoms with van der Waals surface area (Å²) in [5, 5.41) is 6.29. The van der Waals surface area contributed by atoms with Gasteiger partial charge in [-0.25, -0.2) is 0 Å². The molecule has 5 nitrogen and oxygen atoms in total. The van der Waals surface area contributed by atoms with Crippen LogP contribution >= 0.6 is 0 Å². The van der Waals surface area contributed by atoms with Crippen molar-refractivity contribution in [3.63, 3.8) is 0 Å². The molecule has 0 heterocycles. The highest BCUT2D eigenvalue weighted by atomic mass is 19.4. The monoisotopic (exact) mass is 395 g/mol. The number of hydrogen-bond donors (Lipinski definition) is 2. The molecule has 0 aliphatic heterocycles. The van der Waals surface area contributed by atoms with Crippen molar-refractivity contribution in [1.82, 2.24) is 10.6 Å². The van der Waals surface area contributed by atoms with Gasteiger partial charge < -0.3 is 20.1 Å². The number of alkyl halides is 3. The largest absolute Gasteiger partial charge is 0.492 e. The summed E-state index contributed by atoms with van der Waals surface area (Å²) >= 11 is 0. The molecule has 0 aromatic heterocycles. The Morgan fingerprint density at radius 1 is 1.00 bits per heavy atom. The van der Waals surface area contributed by atoms with Gasteiger partial charge in [0.25, 0.3) is 0 Å². The summed E-state index contributed by atoms with van der Waals surface area (Å²) in [7, 11) is 1.66. The summed E-state index contributed by atoms with van der Waals surface area (Å²) < 4.78 is 46.7. The average molecular weight is 395 g/mol. The predicted octanol–water partition coefficient (Wildman–Crippen LogP) is 3.51. The van der Waals surface area contributed by atoms with Crippen LogP contribution in [0, 0.1) is 0 Å². The molecule has 0 saturated heterocycles.